The lowest BCUT2D eigenvalue weighted by molar-refractivity contribution is -0.130. The molecule has 0 aliphatic carbocycles. The van der Waals surface area contributed by atoms with Gasteiger partial charge in [0.1, 0.15) is 5.75 Å². The van der Waals surface area contributed by atoms with Gasteiger partial charge in [0.15, 0.2) is 5.41 Å². The number of sulfonamides is 1. The van der Waals surface area contributed by atoms with E-state index >= 15 is 0 Å². The van der Waals surface area contributed by atoms with Crippen LogP contribution in [0.15, 0.2) is 115 Å². The zero-order valence-corrected chi connectivity index (χ0v) is 22.5. The molecule has 1 aliphatic rings. The van der Waals surface area contributed by atoms with E-state index in [9.17, 15) is 23.1 Å². The summed E-state index contributed by atoms with van der Waals surface area (Å²) in [6.45, 7) is 5.72. The minimum Gasteiger partial charge on any atom is -0.508 e. The number of carbonyl (C=O) groups is 2. The molecule has 1 aliphatic heterocycles. The minimum atomic E-state index is -4.01. The van der Waals surface area contributed by atoms with E-state index in [4.69, 9.17) is 0 Å². The summed E-state index contributed by atoms with van der Waals surface area (Å²) in [5.74, 6) is -1.64. The second kappa shape index (κ2) is 10.3. The van der Waals surface area contributed by atoms with Crippen LogP contribution in [0.2, 0.25) is 0 Å². The number of benzene rings is 4. The Bertz CT molecular complexity index is 1720. The molecular weight excluding hydrogens is 526 g/mol. The third-order valence-electron chi connectivity index (χ3n) is 6.83. The summed E-state index contributed by atoms with van der Waals surface area (Å²) < 4.78 is 28.8. The molecule has 40 heavy (non-hydrogen) atoms. The van der Waals surface area contributed by atoms with E-state index in [0.717, 1.165) is 5.56 Å². The van der Waals surface area contributed by atoms with Gasteiger partial charge in [-0.05, 0) is 55.5 Å². The van der Waals surface area contributed by atoms with Crippen molar-refractivity contribution < 1.29 is 23.1 Å². The molecule has 0 bridgehead atoms. The Hall–Kier alpha value is -4.89. The fourth-order valence-electron chi connectivity index (χ4n) is 4.94. The first-order chi connectivity index (χ1) is 19.2. The van der Waals surface area contributed by atoms with E-state index in [1.165, 1.54) is 35.2 Å². The standard InChI is InChI=1S/C31H27N3O5S/c1-3-19-34-27-12-8-7-11-25(27)31(30(34)37,29(36)32-22-9-5-4-6-10-22)26-20-23(15-18-28(26)35)33-40(38,39)24-16-13-21(2)14-17-24/h3-18,20,33,35H,1,19H2,2H3,(H,32,36)/t31-/m0/s1. The largest absolute Gasteiger partial charge is 0.508 e. The summed E-state index contributed by atoms with van der Waals surface area (Å²) in [4.78, 5) is 30.0. The van der Waals surface area contributed by atoms with Crippen molar-refractivity contribution in [2.75, 3.05) is 21.5 Å². The maximum atomic E-state index is 14.3. The van der Waals surface area contributed by atoms with Crippen LogP contribution in [0.3, 0.4) is 0 Å². The number of anilines is 3. The molecule has 0 fully saturated rings. The monoisotopic (exact) mass is 553 g/mol. The van der Waals surface area contributed by atoms with Gasteiger partial charge in [-0.15, -0.1) is 6.58 Å². The van der Waals surface area contributed by atoms with Gasteiger partial charge in [0, 0.05) is 34.7 Å². The molecule has 4 aromatic rings. The van der Waals surface area contributed by atoms with Gasteiger partial charge in [-0.25, -0.2) is 8.42 Å². The van der Waals surface area contributed by atoms with Crippen LogP contribution in [0.25, 0.3) is 0 Å². The number of nitrogens with zero attached hydrogens (tertiary/aromatic N) is 1. The SMILES string of the molecule is C=CCN1C(=O)[C@](C(=O)Nc2ccccc2)(c2cc(NS(=O)(=O)c3ccc(C)cc3)ccc2O)c2ccccc21. The molecule has 2 amide bonds. The fourth-order valence-corrected chi connectivity index (χ4v) is 5.99. The molecule has 0 aromatic heterocycles. The van der Waals surface area contributed by atoms with Crippen molar-refractivity contribution in [3.05, 3.63) is 126 Å². The summed E-state index contributed by atoms with van der Waals surface area (Å²) in [6, 6.07) is 25.8. The molecule has 5 rings (SSSR count). The van der Waals surface area contributed by atoms with Crippen LogP contribution in [0.1, 0.15) is 16.7 Å². The summed E-state index contributed by atoms with van der Waals surface area (Å²) >= 11 is 0. The molecule has 0 saturated carbocycles. The third-order valence-corrected chi connectivity index (χ3v) is 8.23. The second-order valence-corrected chi connectivity index (χ2v) is 11.1. The molecule has 0 saturated heterocycles. The minimum absolute atomic E-state index is 0.0451. The van der Waals surface area contributed by atoms with Gasteiger partial charge in [0.2, 0.25) is 5.91 Å². The summed E-state index contributed by atoms with van der Waals surface area (Å²) in [7, 11) is -4.01. The molecule has 202 valence electrons. The Morgan fingerprint density at radius 2 is 1.60 bits per heavy atom. The number of carbonyl (C=O) groups excluding carboxylic acids is 2. The lowest BCUT2D eigenvalue weighted by atomic mass is 9.73. The van der Waals surface area contributed by atoms with Crippen LogP contribution in [0, 0.1) is 6.92 Å². The Morgan fingerprint density at radius 3 is 2.30 bits per heavy atom. The predicted octanol–water partition coefficient (Wildman–Crippen LogP) is 4.96. The van der Waals surface area contributed by atoms with Crippen molar-refractivity contribution in [2.24, 2.45) is 0 Å². The number of hydrogen-bond donors (Lipinski definition) is 3. The van der Waals surface area contributed by atoms with Crippen molar-refractivity contribution in [3.8, 4) is 5.75 Å². The number of nitrogens with one attached hydrogen (secondary N) is 2. The normalized spacial score (nSPS) is 16.3. The van der Waals surface area contributed by atoms with Crippen LogP contribution in [-0.4, -0.2) is 31.9 Å². The first kappa shape index (κ1) is 26.7. The van der Waals surface area contributed by atoms with Crippen molar-refractivity contribution in [3.63, 3.8) is 0 Å². The molecule has 0 spiro atoms. The van der Waals surface area contributed by atoms with E-state index in [1.807, 2.05) is 6.92 Å². The van der Waals surface area contributed by atoms with Gasteiger partial charge < -0.3 is 15.3 Å². The number of fused-ring (bicyclic) bond motifs is 1. The predicted molar refractivity (Wildman–Crippen MR) is 155 cm³/mol. The second-order valence-electron chi connectivity index (χ2n) is 9.44. The topological polar surface area (TPSA) is 116 Å². The fraction of sp³-hybridized carbons (Fsp3) is 0.0968. The molecule has 8 nitrogen and oxygen atoms in total. The van der Waals surface area contributed by atoms with Crippen LogP contribution in [-0.2, 0) is 25.0 Å². The lowest BCUT2D eigenvalue weighted by Crippen LogP contribution is -2.50. The Labute approximate surface area is 232 Å². The van der Waals surface area contributed by atoms with Gasteiger partial charge in [-0.3, -0.25) is 14.3 Å². The van der Waals surface area contributed by atoms with E-state index < -0.39 is 27.3 Å². The van der Waals surface area contributed by atoms with Crippen LogP contribution in [0.4, 0.5) is 17.1 Å². The average Bonchev–Trinajstić information content (AvgIpc) is 3.19. The maximum absolute atomic E-state index is 14.3. The highest BCUT2D eigenvalue weighted by Gasteiger charge is 2.58. The van der Waals surface area contributed by atoms with Crippen molar-refractivity contribution in [2.45, 2.75) is 17.2 Å². The molecule has 1 heterocycles. The summed E-state index contributed by atoms with van der Waals surface area (Å²) in [5.41, 5.74) is 0.187. The number of phenols is 1. The molecule has 0 unspecified atom stereocenters. The average molecular weight is 554 g/mol. The van der Waals surface area contributed by atoms with Gasteiger partial charge in [-0.1, -0.05) is 60.2 Å². The first-order valence-corrected chi connectivity index (χ1v) is 14.0. The molecule has 1 atom stereocenters. The van der Waals surface area contributed by atoms with Crippen LogP contribution < -0.4 is 14.9 Å². The number of phenolic OH excluding ortho intramolecular Hbond substituents is 1. The first-order valence-electron chi connectivity index (χ1n) is 12.5. The zero-order chi connectivity index (χ0) is 28.5. The van der Waals surface area contributed by atoms with Gasteiger partial charge in [0.25, 0.3) is 15.9 Å². The number of para-hydroxylation sites is 2. The maximum Gasteiger partial charge on any atom is 0.261 e. The van der Waals surface area contributed by atoms with Crippen molar-refractivity contribution in [1.29, 1.82) is 0 Å². The zero-order valence-electron chi connectivity index (χ0n) is 21.7. The molecule has 0 radical (unpaired) electrons. The van der Waals surface area contributed by atoms with Crippen LogP contribution in [0.5, 0.6) is 5.75 Å². The molecule has 9 heteroatoms. The quantitative estimate of drug-likeness (QED) is 0.162. The smallest absolute Gasteiger partial charge is 0.261 e. The van der Waals surface area contributed by atoms with Crippen molar-refractivity contribution in [1.82, 2.24) is 0 Å². The number of amides is 2. The third kappa shape index (κ3) is 4.50. The number of hydrogen-bond acceptors (Lipinski definition) is 5. The Morgan fingerprint density at radius 1 is 0.925 bits per heavy atom. The number of aromatic hydroxyl groups is 1. The van der Waals surface area contributed by atoms with E-state index in [2.05, 4.69) is 16.6 Å². The number of aryl methyl sites for hydroxylation is 1. The van der Waals surface area contributed by atoms with E-state index in [0.29, 0.717) is 16.9 Å². The van der Waals surface area contributed by atoms with Gasteiger partial charge in [-0.2, -0.15) is 0 Å². The summed E-state index contributed by atoms with van der Waals surface area (Å²) in [5, 5.41) is 14.0. The summed E-state index contributed by atoms with van der Waals surface area (Å²) in [6.07, 6.45) is 1.55. The Kier molecular flexibility index (Phi) is 6.91. The highest BCUT2D eigenvalue weighted by molar-refractivity contribution is 7.92. The highest BCUT2D eigenvalue weighted by Crippen LogP contribution is 2.50. The molecular formula is C31H27N3O5S. The van der Waals surface area contributed by atoms with Crippen molar-refractivity contribution >= 4 is 38.9 Å². The van der Waals surface area contributed by atoms with Crippen LogP contribution >= 0.6 is 0 Å². The lowest BCUT2D eigenvalue weighted by Gasteiger charge is -2.29. The Balaban J connectivity index is 1.69. The molecule has 3 N–H and O–H groups in total. The molecule has 4 aromatic carbocycles. The van der Waals surface area contributed by atoms with E-state index in [1.54, 1.807) is 72.8 Å². The highest BCUT2D eigenvalue weighted by atomic mass is 32.2. The van der Waals surface area contributed by atoms with E-state index in [-0.39, 0.29) is 28.4 Å². The van der Waals surface area contributed by atoms with Gasteiger partial charge >= 0.3 is 0 Å². The van der Waals surface area contributed by atoms with Gasteiger partial charge in [0.05, 0.1) is 4.90 Å². The number of rotatable bonds is 8.